The Morgan fingerprint density at radius 2 is 1.85 bits per heavy atom. The number of rotatable bonds is 2. The highest BCUT2D eigenvalue weighted by Gasteiger charge is 2.15. The van der Waals surface area contributed by atoms with Crippen LogP contribution in [0.2, 0.25) is 0 Å². The number of hydrogen-bond acceptors (Lipinski definition) is 3. The van der Waals surface area contributed by atoms with Crippen LogP contribution in [-0.2, 0) is 0 Å². The molecular formula is C15H17N3OS. The summed E-state index contributed by atoms with van der Waals surface area (Å²) in [5.74, 6) is -0.247. The van der Waals surface area contributed by atoms with Crippen LogP contribution in [0.4, 0.5) is 0 Å². The molecule has 20 heavy (non-hydrogen) atoms. The first-order valence-corrected chi connectivity index (χ1v) is 7.22. The SMILES string of the molecule is N#Cc1ccc(C(=O)NC(=S)NC2CCCCC2)cc1. The molecule has 2 N–H and O–H groups in total. The molecule has 1 amide bonds. The van der Waals surface area contributed by atoms with E-state index < -0.39 is 0 Å². The molecule has 1 aromatic rings. The van der Waals surface area contributed by atoms with Gasteiger partial charge in [0.15, 0.2) is 5.11 Å². The molecule has 4 nitrogen and oxygen atoms in total. The average Bonchev–Trinajstić information content (AvgIpc) is 2.48. The van der Waals surface area contributed by atoms with Gasteiger partial charge in [-0.2, -0.15) is 5.26 Å². The van der Waals surface area contributed by atoms with Crippen LogP contribution >= 0.6 is 12.2 Å². The Labute approximate surface area is 124 Å². The molecule has 0 heterocycles. The van der Waals surface area contributed by atoms with Crippen molar-refractivity contribution < 1.29 is 4.79 Å². The van der Waals surface area contributed by atoms with Gasteiger partial charge in [-0.15, -0.1) is 0 Å². The minimum absolute atomic E-state index is 0.247. The number of nitrogens with zero attached hydrogens (tertiary/aromatic N) is 1. The fourth-order valence-corrected chi connectivity index (χ4v) is 2.60. The third-order valence-electron chi connectivity index (χ3n) is 3.44. The number of carbonyl (C=O) groups is 1. The zero-order valence-corrected chi connectivity index (χ0v) is 12.0. The number of thiocarbonyl (C=S) groups is 1. The Kier molecular flexibility index (Phi) is 5.08. The van der Waals surface area contributed by atoms with Gasteiger partial charge >= 0.3 is 0 Å². The van der Waals surface area contributed by atoms with Crippen molar-refractivity contribution in [3.05, 3.63) is 35.4 Å². The minimum Gasteiger partial charge on any atom is -0.360 e. The second-order valence-electron chi connectivity index (χ2n) is 4.95. The van der Waals surface area contributed by atoms with Gasteiger partial charge in [0.25, 0.3) is 5.91 Å². The molecule has 1 aromatic carbocycles. The van der Waals surface area contributed by atoms with Crippen LogP contribution in [0, 0.1) is 11.3 Å². The van der Waals surface area contributed by atoms with E-state index in [1.54, 1.807) is 24.3 Å². The highest BCUT2D eigenvalue weighted by Crippen LogP contribution is 2.17. The van der Waals surface area contributed by atoms with Gasteiger partial charge in [0.1, 0.15) is 0 Å². The summed E-state index contributed by atoms with van der Waals surface area (Å²) < 4.78 is 0. The van der Waals surface area contributed by atoms with Gasteiger partial charge in [0, 0.05) is 11.6 Å². The highest BCUT2D eigenvalue weighted by atomic mass is 32.1. The predicted molar refractivity (Wildman–Crippen MR) is 81.2 cm³/mol. The molecule has 0 unspecified atom stereocenters. The van der Waals surface area contributed by atoms with Crippen LogP contribution in [0.5, 0.6) is 0 Å². The first-order chi connectivity index (χ1) is 9.69. The molecule has 0 aliphatic heterocycles. The molecule has 1 aliphatic carbocycles. The molecule has 0 aromatic heterocycles. The highest BCUT2D eigenvalue weighted by molar-refractivity contribution is 7.80. The van der Waals surface area contributed by atoms with Crippen LogP contribution in [0.1, 0.15) is 48.0 Å². The van der Waals surface area contributed by atoms with Crippen molar-refractivity contribution in [3.63, 3.8) is 0 Å². The topological polar surface area (TPSA) is 64.9 Å². The Balaban J connectivity index is 1.86. The van der Waals surface area contributed by atoms with Crippen molar-refractivity contribution in [1.29, 1.82) is 5.26 Å². The summed E-state index contributed by atoms with van der Waals surface area (Å²) in [4.78, 5) is 12.0. The molecule has 1 saturated carbocycles. The lowest BCUT2D eigenvalue weighted by Crippen LogP contribution is -2.44. The Morgan fingerprint density at radius 1 is 1.20 bits per heavy atom. The monoisotopic (exact) mass is 287 g/mol. The fraction of sp³-hybridized carbons (Fsp3) is 0.400. The summed E-state index contributed by atoms with van der Waals surface area (Å²) in [6.45, 7) is 0. The second-order valence-corrected chi connectivity index (χ2v) is 5.36. The van der Waals surface area contributed by atoms with E-state index in [4.69, 9.17) is 17.5 Å². The van der Waals surface area contributed by atoms with Crippen molar-refractivity contribution in [2.24, 2.45) is 0 Å². The van der Waals surface area contributed by atoms with Crippen LogP contribution < -0.4 is 10.6 Å². The maximum atomic E-state index is 12.0. The van der Waals surface area contributed by atoms with E-state index in [2.05, 4.69) is 10.6 Å². The van der Waals surface area contributed by atoms with Gasteiger partial charge in [-0.05, 0) is 49.3 Å². The van der Waals surface area contributed by atoms with Crippen molar-refractivity contribution in [1.82, 2.24) is 10.6 Å². The van der Waals surface area contributed by atoms with Gasteiger partial charge in [0.2, 0.25) is 0 Å². The maximum Gasteiger partial charge on any atom is 0.257 e. The van der Waals surface area contributed by atoms with Gasteiger partial charge in [0.05, 0.1) is 11.6 Å². The van der Waals surface area contributed by atoms with E-state index in [1.807, 2.05) is 6.07 Å². The van der Waals surface area contributed by atoms with Gasteiger partial charge in [-0.1, -0.05) is 19.3 Å². The number of nitriles is 1. The Morgan fingerprint density at radius 3 is 2.45 bits per heavy atom. The summed E-state index contributed by atoms with van der Waals surface area (Å²) in [5.41, 5.74) is 1.03. The zero-order chi connectivity index (χ0) is 14.4. The molecule has 0 bridgehead atoms. The van der Waals surface area contributed by atoms with Crippen molar-refractivity contribution >= 4 is 23.2 Å². The van der Waals surface area contributed by atoms with E-state index in [1.165, 1.54) is 19.3 Å². The van der Waals surface area contributed by atoms with E-state index in [-0.39, 0.29) is 5.91 Å². The van der Waals surface area contributed by atoms with E-state index >= 15 is 0 Å². The number of amides is 1. The van der Waals surface area contributed by atoms with Gasteiger partial charge in [-0.25, -0.2) is 0 Å². The largest absolute Gasteiger partial charge is 0.360 e. The Bertz CT molecular complexity index is 527. The van der Waals surface area contributed by atoms with Crippen LogP contribution in [0.15, 0.2) is 24.3 Å². The number of carbonyl (C=O) groups excluding carboxylic acids is 1. The predicted octanol–water partition coefficient (Wildman–Crippen LogP) is 2.50. The fourth-order valence-electron chi connectivity index (χ4n) is 2.34. The van der Waals surface area contributed by atoms with Crippen molar-refractivity contribution in [2.75, 3.05) is 0 Å². The molecule has 0 spiro atoms. The average molecular weight is 287 g/mol. The Hall–Kier alpha value is -1.93. The summed E-state index contributed by atoms with van der Waals surface area (Å²) >= 11 is 5.16. The molecule has 1 fully saturated rings. The maximum absolute atomic E-state index is 12.0. The van der Waals surface area contributed by atoms with Crippen LogP contribution in [0.25, 0.3) is 0 Å². The zero-order valence-electron chi connectivity index (χ0n) is 11.2. The van der Waals surface area contributed by atoms with Crippen molar-refractivity contribution in [3.8, 4) is 6.07 Å². The lowest BCUT2D eigenvalue weighted by Gasteiger charge is -2.24. The lowest BCUT2D eigenvalue weighted by atomic mass is 9.96. The molecule has 0 atom stereocenters. The van der Waals surface area contributed by atoms with E-state index in [0.29, 0.717) is 22.3 Å². The smallest absolute Gasteiger partial charge is 0.257 e. The normalized spacial score (nSPS) is 15.2. The quantitative estimate of drug-likeness (QED) is 0.820. The third kappa shape index (κ3) is 4.04. The van der Waals surface area contributed by atoms with Crippen LogP contribution in [-0.4, -0.2) is 17.1 Å². The second kappa shape index (κ2) is 7.01. The van der Waals surface area contributed by atoms with Gasteiger partial charge in [-0.3, -0.25) is 10.1 Å². The first kappa shape index (κ1) is 14.5. The summed E-state index contributed by atoms with van der Waals surface area (Å²) in [7, 11) is 0. The van der Waals surface area contributed by atoms with Crippen molar-refractivity contribution in [2.45, 2.75) is 38.1 Å². The molecule has 2 rings (SSSR count). The third-order valence-corrected chi connectivity index (χ3v) is 3.66. The molecule has 0 saturated heterocycles. The molecule has 0 radical (unpaired) electrons. The molecular weight excluding hydrogens is 270 g/mol. The standard InChI is InChI=1S/C15H17N3OS/c16-10-11-6-8-12(9-7-11)14(19)18-15(20)17-13-4-2-1-3-5-13/h6-9,13H,1-5H2,(H2,17,18,19,20). The minimum atomic E-state index is -0.247. The molecule has 5 heteroatoms. The molecule has 1 aliphatic rings. The van der Waals surface area contributed by atoms with E-state index in [0.717, 1.165) is 12.8 Å². The number of benzene rings is 1. The number of nitrogens with one attached hydrogen (secondary N) is 2. The number of hydrogen-bond donors (Lipinski definition) is 2. The van der Waals surface area contributed by atoms with Gasteiger partial charge < -0.3 is 5.32 Å². The lowest BCUT2D eigenvalue weighted by molar-refractivity contribution is 0.0976. The molecule has 104 valence electrons. The summed E-state index contributed by atoms with van der Waals surface area (Å²) in [6.07, 6.45) is 5.91. The first-order valence-electron chi connectivity index (χ1n) is 6.81. The summed E-state index contributed by atoms with van der Waals surface area (Å²) in [6, 6.07) is 8.87. The van der Waals surface area contributed by atoms with E-state index in [9.17, 15) is 4.79 Å². The summed E-state index contributed by atoms with van der Waals surface area (Å²) in [5, 5.41) is 15.0. The van der Waals surface area contributed by atoms with Crippen LogP contribution in [0.3, 0.4) is 0 Å².